The third-order valence-corrected chi connectivity index (χ3v) is 17.1. The van der Waals surface area contributed by atoms with Gasteiger partial charge in [-0.15, -0.1) is 0 Å². The lowest BCUT2D eigenvalue weighted by atomic mass is 9.70. The zero-order valence-electron chi connectivity index (χ0n) is 47.5. The van der Waals surface area contributed by atoms with Crippen molar-refractivity contribution in [3.63, 3.8) is 0 Å². The van der Waals surface area contributed by atoms with E-state index in [2.05, 4.69) is 65.3 Å². The van der Waals surface area contributed by atoms with Crippen LogP contribution in [0.2, 0.25) is 0 Å². The molecule has 0 aromatic carbocycles. The summed E-state index contributed by atoms with van der Waals surface area (Å²) in [4.78, 5) is 71.5. The number of amides is 1. The van der Waals surface area contributed by atoms with Crippen molar-refractivity contribution in [3.8, 4) is 0 Å². The number of Topliss-reactive ketones (excluding diaryl/α,β-unsaturated/α-hetero) is 3. The highest BCUT2D eigenvalue weighted by Crippen LogP contribution is 2.44. The molecule has 1 amide bonds. The highest BCUT2D eigenvalue weighted by atomic mass is 16.6. The molecular formula is C63H98N2O9. The molecule has 0 radical (unpaired) electrons. The zero-order chi connectivity index (χ0) is 54.4. The largest absolute Gasteiger partial charge is 0.377 e. The van der Waals surface area contributed by atoms with E-state index in [1.807, 2.05) is 57.4 Å². The summed E-state index contributed by atoms with van der Waals surface area (Å²) in [6, 6.07) is 0. The van der Waals surface area contributed by atoms with Crippen molar-refractivity contribution in [3.05, 3.63) is 72.0 Å². The smallest absolute Gasteiger partial charge is 0.295 e. The van der Waals surface area contributed by atoms with Crippen LogP contribution in [-0.2, 0) is 38.2 Å². The number of ether oxygens (including phenoxy) is 3. The number of aliphatic imine (C=N–C) groups is 1. The van der Waals surface area contributed by atoms with Crippen LogP contribution in [0.3, 0.4) is 0 Å². The summed E-state index contributed by atoms with van der Waals surface area (Å²) in [6.07, 6.45) is 32.1. The van der Waals surface area contributed by atoms with Gasteiger partial charge in [0.05, 0.1) is 24.9 Å². The minimum Gasteiger partial charge on any atom is -0.377 e. The first kappa shape index (κ1) is 62.6. The van der Waals surface area contributed by atoms with Gasteiger partial charge in [-0.3, -0.25) is 24.2 Å². The van der Waals surface area contributed by atoms with Gasteiger partial charge in [-0.2, -0.15) is 0 Å². The predicted molar refractivity (Wildman–Crippen MR) is 298 cm³/mol. The van der Waals surface area contributed by atoms with E-state index in [9.17, 15) is 29.1 Å². The maximum atomic E-state index is 13.7. The number of carbonyl (C=O) groups excluding carboxylic acids is 5. The van der Waals surface area contributed by atoms with E-state index in [1.54, 1.807) is 7.11 Å². The molecule has 1 N–H and O–H groups in total. The number of methoxy groups -OCH3 is 1. The molecule has 4 fully saturated rings. The number of ketones is 3. The fourth-order valence-electron chi connectivity index (χ4n) is 11.2. The van der Waals surface area contributed by atoms with Crippen molar-refractivity contribution in [2.45, 2.75) is 215 Å². The van der Waals surface area contributed by atoms with Gasteiger partial charge in [0, 0.05) is 76.1 Å². The molecule has 2 aliphatic carbocycles. The number of aldehydes is 1. The number of nitrogens with zero attached hydrogens (tertiary/aromatic N) is 2. The van der Waals surface area contributed by atoms with Gasteiger partial charge in [0.1, 0.15) is 17.9 Å². The predicted octanol–water partition coefficient (Wildman–Crippen LogP) is 13.0. The zero-order valence-corrected chi connectivity index (χ0v) is 47.5. The monoisotopic (exact) mass is 1030 g/mol. The van der Waals surface area contributed by atoms with Crippen LogP contribution < -0.4 is 0 Å². The molecule has 9 atom stereocenters. The second-order valence-electron chi connectivity index (χ2n) is 23.5. The molecule has 2 saturated heterocycles. The van der Waals surface area contributed by atoms with Gasteiger partial charge in [0.25, 0.3) is 11.7 Å². The van der Waals surface area contributed by atoms with Crippen LogP contribution in [0, 0.1) is 46.8 Å². The van der Waals surface area contributed by atoms with Crippen molar-refractivity contribution >= 4 is 35.3 Å². The number of rotatable bonds is 32. The highest BCUT2D eigenvalue weighted by Gasteiger charge is 2.47. The standard InChI is InChI=1S/C63H98N2O9/c1-12-45(4)50(9)64-42-51(13-2)43-73-54-27-32-62(10,33-28-54)31-26-52(29-36-66)39-57(67)49(8)38-47(6)56(53-24-25-53)41-58(68)48(7)37-44(3)21-16-14-17-22-46(5)59(72-11)40-55-23-20-30-63(71,74-55)60(69)61(70)65-34-18-15-19-35-65/h13-14,16-17,21-22,36,38,42,44-45,48-49,52-56,59,71H,2,12,15,18-20,23-35,37,39-41,43H2,1,3-11H3/b17-14+,21-16+,46-22+,47-38+,51-42+,64-50-/t44?,45?,48?,49?,52?,54?,55?,56?,59?,62?,63-/m1/s1. The van der Waals surface area contributed by atoms with E-state index in [1.165, 1.54) is 4.90 Å². The Kier molecular flexibility index (Phi) is 26.5. The van der Waals surface area contributed by atoms with Crippen molar-refractivity contribution in [2.75, 3.05) is 26.8 Å². The lowest BCUT2D eigenvalue weighted by Crippen LogP contribution is -2.55. The van der Waals surface area contributed by atoms with Gasteiger partial charge in [0.2, 0.25) is 5.79 Å². The van der Waals surface area contributed by atoms with Crippen LogP contribution in [0.5, 0.6) is 0 Å². The number of hydrogen-bond donors (Lipinski definition) is 1. The SMILES string of the molecule is C=C/C(=C\N=C(\C)C(C)CC)COC1CCC(C)(CCC(CC=O)CC(=O)C(C)/C=C(\C)C(CC(=O)C(C)CC(C)/C=C/C=C/C=C(\C)C(CC2CCC[C@](O)(C(=O)C(=O)N3CCCCC3)O2)OC)C2CC2)CC1. The minimum atomic E-state index is -2.10. The van der Waals surface area contributed by atoms with Crippen LogP contribution in [0.1, 0.15) is 191 Å². The maximum absolute atomic E-state index is 13.7. The van der Waals surface area contributed by atoms with Crippen LogP contribution in [0.15, 0.2) is 77.0 Å². The number of likely N-dealkylation sites (tertiary alicyclic amines) is 1. The minimum absolute atomic E-state index is 0.0273. The second kappa shape index (κ2) is 31.4. The van der Waals surface area contributed by atoms with Gasteiger partial charge in [-0.05, 0) is 163 Å². The molecule has 11 nitrogen and oxygen atoms in total. The first-order chi connectivity index (χ1) is 35.2. The van der Waals surface area contributed by atoms with E-state index in [-0.39, 0.29) is 65.2 Å². The summed E-state index contributed by atoms with van der Waals surface area (Å²) in [6.45, 7) is 24.5. The second-order valence-corrected chi connectivity index (χ2v) is 23.5. The number of allylic oxidation sites excluding steroid dienone is 7. The molecule has 414 valence electrons. The molecular weight excluding hydrogens is 929 g/mol. The Morgan fingerprint density at radius 2 is 1.58 bits per heavy atom. The third-order valence-electron chi connectivity index (χ3n) is 17.1. The summed E-state index contributed by atoms with van der Waals surface area (Å²) in [7, 11) is 1.63. The molecule has 2 heterocycles. The highest BCUT2D eigenvalue weighted by molar-refractivity contribution is 6.38. The Labute approximate surface area is 447 Å². The average Bonchev–Trinajstić information content (AvgIpc) is 4.24. The fourth-order valence-corrected chi connectivity index (χ4v) is 11.2. The van der Waals surface area contributed by atoms with E-state index < -0.39 is 23.6 Å². The number of piperidine rings is 1. The van der Waals surface area contributed by atoms with E-state index >= 15 is 0 Å². The summed E-state index contributed by atoms with van der Waals surface area (Å²) in [5, 5.41) is 11.2. The molecule has 4 aliphatic rings. The Morgan fingerprint density at radius 1 is 0.878 bits per heavy atom. The van der Waals surface area contributed by atoms with Crippen LogP contribution in [-0.4, -0.2) is 96.2 Å². The summed E-state index contributed by atoms with van der Waals surface area (Å²) >= 11 is 0. The Balaban J connectivity index is 1.20. The molecule has 0 spiro atoms. The molecule has 4 rings (SSSR count). The van der Waals surface area contributed by atoms with Gasteiger partial charge in [-0.1, -0.05) is 96.2 Å². The molecule has 74 heavy (non-hydrogen) atoms. The number of aliphatic hydroxyl groups is 1. The number of carbonyl (C=O) groups is 5. The lowest BCUT2D eigenvalue weighted by Gasteiger charge is -2.38. The van der Waals surface area contributed by atoms with Crippen molar-refractivity contribution in [1.82, 2.24) is 4.90 Å². The molecule has 8 unspecified atom stereocenters. The van der Waals surface area contributed by atoms with Gasteiger partial charge < -0.3 is 29.0 Å². The van der Waals surface area contributed by atoms with Crippen molar-refractivity contribution < 1.29 is 43.3 Å². The molecule has 11 heteroatoms. The molecule has 2 aliphatic heterocycles. The molecule has 2 saturated carbocycles. The number of hydrogen-bond acceptors (Lipinski definition) is 10. The first-order valence-electron chi connectivity index (χ1n) is 28.7. The Hall–Kier alpha value is -3.90. The summed E-state index contributed by atoms with van der Waals surface area (Å²) < 4.78 is 18.1. The van der Waals surface area contributed by atoms with E-state index in [0.717, 1.165) is 112 Å². The van der Waals surface area contributed by atoms with Crippen LogP contribution in [0.4, 0.5) is 0 Å². The first-order valence-corrected chi connectivity index (χ1v) is 28.7. The van der Waals surface area contributed by atoms with Crippen LogP contribution in [0.25, 0.3) is 0 Å². The van der Waals surface area contributed by atoms with Gasteiger partial charge in [-0.25, -0.2) is 0 Å². The van der Waals surface area contributed by atoms with E-state index in [0.29, 0.717) is 70.1 Å². The lowest BCUT2D eigenvalue weighted by molar-refractivity contribution is -0.244. The van der Waals surface area contributed by atoms with Gasteiger partial charge >= 0.3 is 0 Å². The molecule has 0 bridgehead atoms. The maximum Gasteiger partial charge on any atom is 0.295 e. The fraction of sp³-hybridized carbons (Fsp3) is 0.714. The summed E-state index contributed by atoms with van der Waals surface area (Å²) in [5.74, 6) is -2.28. The average molecular weight is 1030 g/mol. The molecule has 0 aromatic heterocycles. The molecule has 0 aromatic rings. The quantitative estimate of drug-likeness (QED) is 0.0228. The van der Waals surface area contributed by atoms with Crippen molar-refractivity contribution in [1.29, 1.82) is 0 Å². The van der Waals surface area contributed by atoms with Crippen LogP contribution >= 0.6 is 0 Å². The Bertz CT molecular complexity index is 2030. The topological polar surface area (TPSA) is 149 Å². The van der Waals surface area contributed by atoms with Crippen molar-refractivity contribution in [2.24, 2.45) is 51.8 Å². The Morgan fingerprint density at radius 3 is 2.22 bits per heavy atom. The third kappa shape index (κ3) is 20.6. The summed E-state index contributed by atoms with van der Waals surface area (Å²) in [5.41, 5.74) is 4.37. The normalized spacial score (nSPS) is 26.6. The van der Waals surface area contributed by atoms with Gasteiger partial charge in [0.15, 0.2) is 0 Å². The van der Waals surface area contributed by atoms with E-state index in [4.69, 9.17) is 14.2 Å².